The summed E-state index contributed by atoms with van der Waals surface area (Å²) in [6.07, 6.45) is 2.36. The maximum absolute atomic E-state index is 11.2. The molecule has 0 unspecified atom stereocenters. The fourth-order valence-electron chi connectivity index (χ4n) is 3.30. The van der Waals surface area contributed by atoms with Crippen molar-refractivity contribution < 1.29 is 19.4 Å². The molecule has 2 atom stereocenters. The number of carbonyl (C=O) groups is 1. The molecule has 2 aromatic rings. The van der Waals surface area contributed by atoms with Crippen LogP contribution in [-0.4, -0.2) is 64.5 Å². The van der Waals surface area contributed by atoms with Gasteiger partial charge in [0.2, 0.25) is 0 Å². The van der Waals surface area contributed by atoms with Gasteiger partial charge in [-0.25, -0.2) is 4.79 Å². The van der Waals surface area contributed by atoms with Crippen molar-refractivity contribution in [1.29, 1.82) is 0 Å². The van der Waals surface area contributed by atoms with Crippen molar-refractivity contribution >= 4 is 6.09 Å². The lowest BCUT2D eigenvalue weighted by molar-refractivity contribution is 0.0167. The lowest BCUT2D eigenvalue weighted by atomic mass is 9.91. The number of rotatable bonds is 6. The van der Waals surface area contributed by atoms with E-state index < -0.39 is 6.09 Å². The number of benzene rings is 1. The first-order valence-corrected chi connectivity index (χ1v) is 8.64. The van der Waals surface area contributed by atoms with Gasteiger partial charge in [-0.05, 0) is 30.5 Å². The van der Waals surface area contributed by atoms with E-state index in [1.165, 1.54) is 10.5 Å². The van der Waals surface area contributed by atoms with Crippen LogP contribution in [0.3, 0.4) is 0 Å². The van der Waals surface area contributed by atoms with Crippen LogP contribution in [0.4, 0.5) is 4.79 Å². The van der Waals surface area contributed by atoms with Crippen molar-refractivity contribution in [2.24, 2.45) is 0 Å². The topological polar surface area (TPSA) is 89.7 Å². The van der Waals surface area contributed by atoms with Gasteiger partial charge in [-0.15, -0.1) is 5.10 Å². The molecular formula is C18H24N4O4. The quantitative estimate of drug-likeness (QED) is 0.848. The molecule has 0 spiro atoms. The van der Waals surface area contributed by atoms with E-state index in [0.717, 1.165) is 24.4 Å². The van der Waals surface area contributed by atoms with Crippen LogP contribution in [0.1, 0.15) is 23.6 Å². The van der Waals surface area contributed by atoms with Crippen molar-refractivity contribution in [3.63, 3.8) is 0 Å². The third-order valence-electron chi connectivity index (χ3n) is 4.86. The highest BCUT2D eigenvalue weighted by molar-refractivity contribution is 5.65. The van der Waals surface area contributed by atoms with E-state index in [1.54, 1.807) is 14.2 Å². The van der Waals surface area contributed by atoms with E-state index in [2.05, 4.69) is 10.3 Å². The number of aromatic nitrogens is 3. The molecule has 0 aliphatic carbocycles. The highest BCUT2D eigenvalue weighted by atomic mass is 16.5. The normalized spacial score (nSPS) is 20.2. The second kappa shape index (κ2) is 8.18. The summed E-state index contributed by atoms with van der Waals surface area (Å²) in [7, 11) is 3.26. The maximum atomic E-state index is 11.2. The zero-order valence-corrected chi connectivity index (χ0v) is 15.0. The molecule has 3 rings (SSSR count). The predicted octanol–water partition coefficient (Wildman–Crippen LogP) is 2.01. The Kier molecular flexibility index (Phi) is 5.72. The minimum absolute atomic E-state index is 0.0605. The van der Waals surface area contributed by atoms with Crippen LogP contribution in [0.2, 0.25) is 0 Å². The highest BCUT2D eigenvalue weighted by Gasteiger charge is 2.34. The average Bonchev–Trinajstić information content (AvgIpc) is 3.15. The molecule has 0 bridgehead atoms. The van der Waals surface area contributed by atoms with Crippen molar-refractivity contribution in [1.82, 2.24) is 19.9 Å². The van der Waals surface area contributed by atoms with Crippen LogP contribution in [0.5, 0.6) is 5.75 Å². The summed E-state index contributed by atoms with van der Waals surface area (Å²) in [5.41, 5.74) is 2.06. The van der Waals surface area contributed by atoms with Crippen molar-refractivity contribution in [3.05, 3.63) is 41.7 Å². The van der Waals surface area contributed by atoms with E-state index in [1.807, 2.05) is 35.1 Å². The molecule has 0 saturated carbocycles. The number of piperidine rings is 1. The number of amides is 1. The van der Waals surface area contributed by atoms with Gasteiger partial charge in [-0.1, -0.05) is 17.3 Å². The molecule has 1 N–H and O–H groups in total. The molecule has 26 heavy (non-hydrogen) atoms. The lowest BCUT2D eigenvalue weighted by Gasteiger charge is -2.35. The van der Waals surface area contributed by atoms with Crippen LogP contribution in [-0.2, 0) is 17.7 Å². The number of likely N-dealkylation sites (tertiary alicyclic amines) is 1. The summed E-state index contributed by atoms with van der Waals surface area (Å²) >= 11 is 0. The predicted molar refractivity (Wildman–Crippen MR) is 94.5 cm³/mol. The third-order valence-corrected chi connectivity index (χ3v) is 4.86. The molecule has 1 aliphatic rings. The zero-order chi connectivity index (χ0) is 18.5. The van der Waals surface area contributed by atoms with E-state index in [9.17, 15) is 4.79 Å². The van der Waals surface area contributed by atoms with Gasteiger partial charge in [0.05, 0.1) is 25.5 Å². The number of nitrogens with zero attached hydrogens (tertiary/aromatic N) is 4. The van der Waals surface area contributed by atoms with Crippen LogP contribution in [0.25, 0.3) is 0 Å². The molecule has 1 amide bonds. The molecule has 2 heterocycles. The standard InChI is InChI=1S/C18H24N4O4/c1-25-14-5-3-13(4-6-14)7-10-22-11-16(19-20-22)15-8-9-21(18(23)24)12-17(15)26-2/h3-6,11,15,17H,7-10,12H2,1-2H3,(H,23,24)/t15-,17+/m0/s1. The summed E-state index contributed by atoms with van der Waals surface area (Å²) in [4.78, 5) is 12.5. The third kappa shape index (κ3) is 4.13. The molecule has 8 nitrogen and oxygen atoms in total. The average molecular weight is 360 g/mol. The summed E-state index contributed by atoms with van der Waals surface area (Å²) in [5, 5.41) is 17.7. The molecule has 1 aliphatic heterocycles. The van der Waals surface area contributed by atoms with E-state index in [4.69, 9.17) is 14.6 Å². The lowest BCUT2D eigenvalue weighted by Crippen LogP contribution is -2.46. The smallest absolute Gasteiger partial charge is 0.407 e. The number of methoxy groups -OCH3 is 2. The summed E-state index contributed by atoms with van der Waals surface area (Å²) in [6, 6.07) is 7.97. The Bertz CT molecular complexity index is 731. The van der Waals surface area contributed by atoms with Crippen LogP contribution in [0, 0.1) is 0 Å². The summed E-state index contributed by atoms with van der Waals surface area (Å²) in [5.74, 6) is 0.903. The first-order chi connectivity index (χ1) is 12.6. The summed E-state index contributed by atoms with van der Waals surface area (Å²) in [6.45, 7) is 1.57. The Labute approximate surface area is 152 Å². The first kappa shape index (κ1) is 18.2. The molecular weight excluding hydrogens is 336 g/mol. The maximum Gasteiger partial charge on any atom is 0.407 e. The second-order valence-corrected chi connectivity index (χ2v) is 6.40. The second-order valence-electron chi connectivity index (χ2n) is 6.40. The fourth-order valence-corrected chi connectivity index (χ4v) is 3.30. The number of carboxylic acid groups (broad SMARTS) is 1. The van der Waals surface area contributed by atoms with E-state index in [0.29, 0.717) is 19.5 Å². The Morgan fingerprint density at radius 3 is 2.73 bits per heavy atom. The molecule has 0 radical (unpaired) electrons. The van der Waals surface area contributed by atoms with E-state index >= 15 is 0 Å². The molecule has 8 heteroatoms. The highest BCUT2D eigenvalue weighted by Crippen LogP contribution is 2.28. The van der Waals surface area contributed by atoms with Gasteiger partial charge in [0.15, 0.2) is 0 Å². The van der Waals surface area contributed by atoms with Crippen LogP contribution >= 0.6 is 0 Å². The molecule has 1 aromatic carbocycles. The van der Waals surface area contributed by atoms with Gasteiger partial charge in [0, 0.05) is 32.3 Å². The molecule has 140 valence electrons. The molecule has 1 aromatic heterocycles. The molecule has 1 saturated heterocycles. The Balaban J connectivity index is 1.60. The minimum Gasteiger partial charge on any atom is -0.497 e. The van der Waals surface area contributed by atoms with Crippen LogP contribution in [0.15, 0.2) is 30.5 Å². The van der Waals surface area contributed by atoms with Gasteiger partial charge in [-0.2, -0.15) is 0 Å². The number of hydrogen-bond donors (Lipinski definition) is 1. The van der Waals surface area contributed by atoms with Crippen molar-refractivity contribution in [3.8, 4) is 5.75 Å². The number of hydrogen-bond acceptors (Lipinski definition) is 5. The minimum atomic E-state index is -0.909. The number of aryl methyl sites for hydroxylation is 2. The van der Waals surface area contributed by atoms with Crippen LogP contribution < -0.4 is 4.74 Å². The first-order valence-electron chi connectivity index (χ1n) is 8.64. The zero-order valence-electron chi connectivity index (χ0n) is 15.0. The van der Waals surface area contributed by atoms with Gasteiger partial charge in [0.1, 0.15) is 5.75 Å². The Hall–Kier alpha value is -2.61. The van der Waals surface area contributed by atoms with Gasteiger partial charge >= 0.3 is 6.09 Å². The SMILES string of the molecule is COc1ccc(CCn2cc([C@@H]3CCN(C(=O)O)C[C@H]3OC)nn2)cc1. The van der Waals surface area contributed by atoms with E-state index in [-0.39, 0.29) is 12.0 Å². The number of ether oxygens (including phenoxy) is 2. The monoisotopic (exact) mass is 360 g/mol. The van der Waals surface area contributed by atoms with Gasteiger partial charge < -0.3 is 19.5 Å². The fraction of sp³-hybridized carbons (Fsp3) is 0.500. The van der Waals surface area contributed by atoms with Crippen molar-refractivity contribution in [2.45, 2.75) is 31.4 Å². The largest absolute Gasteiger partial charge is 0.497 e. The van der Waals surface area contributed by atoms with Gasteiger partial charge in [0.25, 0.3) is 0 Å². The molecule has 1 fully saturated rings. The van der Waals surface area contributed by atoms with Gasteiger partial charge in [-0.3, -0.25) is 4.68 Å². The Morgan fingerprint density at radius 2 is 2.08 bits per heavy atom. The summed E-state index contributed by atoms with van der Waals surface area (Å²) < 4.78 is 12.5. The Morgan fingerprint density at radius 1 is 1.31 bits per heavy atom. The van der Waals surface area contributed by atoms with Crippen molar-refractivity contribution in [2.75, 3.05) is 27.3 Å².